The predicted molar refractivity (Wildman–Crippen MR) is 111 cm³/mol. The zero-order chi connectivity index (χ0) is 19.6. The van der Waals surface area contributed by atoms with Crippen LogP contribution in [0.3, 0.4) is 0 Å². The number of nitrogens with one attached hydrogen (secondary N) is 1. The second-order valence-corrected chi connectivity index (χ2v) is 7.94. The Morgan fingerprint density at radius 3 is 1.92 bits per heavy atom. The maximum atomic E-state index is 11.4. The van der Waals surface area contributed by atoms with Crippen LogP contribution in [-0.4, -0.2) is 39.7 Å². The summed E-state index contributed by atoms with van der Waals surface area (Å²) in [6.07, 6.45) is 17.8. The van der Waals surface area contributed by atoms with E-state index >= 15 is 0 Å². The van der Waals surface area contributed by atoms with Crippen LogP contribution in [0.15, 0.2) is 12.2 Å². The number of rotatable bonds is 17. The number of hydrogen-bond acceptors (Lipinski definition) is 3. The largest absolute Gasteiger partial charge is 0.394 e. The van der Waals surface area contributed by atoms with E-state index < -0.39 is 22.9 Å². The molecule has 3 N–H and O–H groups in total. The monoisotopic (exact) mass is 409 g/mol. The van der Waals surface area contributed by atoms with Crippen LogP contribution in [0.4, 0.5) is 0 Å². The molecule has 0 aromatic carbocycles. The second-order valence-electron chi connectivity index (χ2n) is 6.84. The Hall–Kier alpha value is -0.290. The Kier molecular flexibility index (Phi) is 17.9. The molecule has 4 nitrogen and oxygen atoms in total. The van der Waals surface area contributed by atoms with Crippen LogP contribution >= 0.6 is 23.2 Å². The number of hydrogen-bond donors (Lipinski definition) is 3. The lowest BCUT2D eigenvalue weighted by Gasteiger charge is -2.20. The van der Waals surface area contributed by atoms with Crippen molar-refractivity contribution in [1.29, 1.82) is 0 Å². The lowest BCUT2D eigenvalue weighted by Crippen LogP contribution is -2.46. The molecule has 0 aromatic heterocycles. The summed E-state index contributed by atoms with van der Waals surface area (Å²) < 4.78 is 0. The van der Waals surface area contributed by atoms with Crippen molar-refractivity contribution in [2.24, 2.45) is 0 Å². The molecule has 0 rings (SSSR count). The molecule has 1 amide bonds. The van der Waals surface area contributed by atoms with Crippen molar-refractivity contribution in [2.45, 2.75) is 101 Å². The van der Waals surface area contributed by atoms with Gasteiger partial charge >= 0.3 is 0 Å². The highest BCUT2D eigenvalue weighted by Gasteiger charge is 2.21. The molecule has 0 saturated heterocycles. The fourth-order valence-corrected chi connectivity index (χ4v) is 2.91. The van der Waals surface area contributed by atoms with Gasteiger partial charge in [0.1, 0.15) is 0 Å². The first-order valence-corrected chi connectivity index (χ1v) is 10.9. The van der Waals surface area contributed by atoms with E-state index in [4.69, 9.17) is 23.2 Å². The van der Waals surface area contributed by atoms with Gasteiger partial charge in [0.15, 0.2) is 4.84 Å². The van der Waals surface area contributed by atoms with E-state index in [0.29, 0.717) is 0 Å². The van der Waals surface area contributed by atoms with Crippen LogP contribution in [0.2, 0.25) is 0 Å². The van der Waals surface area contributed by atoms with Crippen LogP contribution in [0.1, 0.15) is 84.0 Å². The average Bonchev–Trinajstić information content (AvgIpc) is 2.62. The first kappa shape index (κ1) is 25.7. The van der Waals surface area contributed by atoms with Gasteiger partial charge in [-0.1, -0.05) is 106 Å². The third-order valence-electron chi connectivity index (χ3n) is 4.44. The summed E-state index contributed by atoms with van der Waals surface area (Å²) in [5.41, 5.74) is 0. The number of carbonyl (C=O) groups is 1. The smallest absolute Gasteiger partial charge is 0.253 e. The number of carbonyl (C=O) groups excluding carboxylic acids is 1. The standard InChI is InChI=1S/C20H37Cl2NO3/c1-2-3-4-5-6-7-8-9-10-11-12-13-14-15-18(25)17(16-24)23-20(26)19(21)22/h14-15,17-19,24-25H,2-13,16H2,1H3,(H,23,26)/b15-14+. The molecule has 0 saturated carbocycles. The topological polar surface area (TPSA) is 69.6 Å². The summed E-state index contributed by atoms with van der Waals surface area (Å²) in [7, 11) is 0. The van der Waals surface area contributed by atoms with Gasteiger partial charge in [0, 0.05) is 0 Å². The molecule has 0 aromatic rings. The fourth-order valence-electron chi connectivity index (χ4n) is 2.78. The molecule has 0 heterocycles. The first-order chi connectivity index (χ1) is 12.5. The SMILES string of the molecule is CCCCCCCCCCCCC/C=C/C(O)C(CO)NC(=O)C(Cl)Cl. The molecule has 0 spiro atoms. The van der Waals surface area contributed by atoms with E-state index in [2.05, 4.69) is 12.2 Å². The summed E-state index contributed by atoms with van der Waals surface area (Å²) in [4.78, 5) is 10.2. The van der Waals surface area contributed by atoms with Crippen molar-refractivity contribution in [2.75, 3.05) is 6.61 Å². The molecule has 0 bridgehead atoms. The molecule has 154 valence electrons. The predicted octanol–water partition coefficient (Wildman–Crippen LogP) is 4.89. The Morgan fingerprint density at radius 2 is 1.46 bits per heavy atom. The van der Waals surface area contributed by atoms with Gasteiger partial charge in [-0.25, -0.2) is 0 Å². The lowest BCUT2D eigenvalue weighted by atomic mass is 10.0. The van der Waals surface area contributed by atoms with Gasteiger partial charge in [-0.05, 0) is 12.8 Å². The Morgan fingerprint density at radius 1 is 0.962 bits per heavy atom. The molecule has 0 aliphatic heterocycles. The summed E-state index contributed by atoms with van der Waals surface area (Å²) in [6.45, 7) is 1.87. The third-order valence-corrected chi connectivity index (χ3v) is 4.84. The van der Waals surface area contributed by atoms with Gasteiger partial charge in [-0.15, -0.1) is 0 Å². The third kappa shape index (κ3) is 14.8. The van der Waals surface area contributed by atoms with Crippen LogP contribution in [-0.2, 0) is 4.79 Å². The highest BCUT2D eigenvalue weighted by Crippen LogP contribution is 2.12. The molecular weight excluding hydrogens is 373 g/mol. The van der Waals surface area contributed by atoms with E-state index in [1.165, 1.54) is 64.2 Å². The minimum absolute atomic E-state index is 0.379. The summed E-state index contributed by atoms with van der Waals surface area (Å²) in [5, 5.41) is 21.6. The minimum atomic E-state index is -1.21. The zero-order valence-corrected chi connectivity index (χ0v) is 17.6. The number of aliphatic hydroxyl groups excluding tert-OH is 2. The molecular formula is C20H37Cl2NO3. The summed E-state index contributed by atoms with van der Waals surface area (Å²) in [6, 6.07) is -0.795. The number of alkyl halides is 2. The van der Waals surface area contributed by atoms with Gasteiger partial charge in [0.25, 0.3) is 5.91 Å². The van der Waals surface area contributed by atoms with E-state index in [1.807, 2.05) is 6.08 Å². The normalized spacial score (nSPS) is 14.1. The molecule has 0 aliphatic rings. The van der Waals surface area contributed by atoms with E-state index in [0.717, 1.165) is 12.8 Å². The van der Waals surface area contributed by atoms with Gasteiger partial charge < -0.3 is 15.5 Å². The minimum Gasteiger partial charge on any atom is -0.394 e. The molecule has 2 atom stereocenters. The first-order valence-electron chi connectivity index (χ1n) is 10.1. The van der Waals surface area contributed by atoms with E-state index in [-0.39, 0.29) is 6.61 Å². The van der Waals surface area contributed by atoms with Gasteiger partial charge in [-0.3, -0.25) is 4.79 Å². The van der Waals surface area contributed by atoms with Gasteiger partial charge in [-0.2, -0.15) is 0 Å². The Labute approximate surface area is 169 Å². The van der Waals surface area contributed by atoms with Crippen molar-refractivity contribution in [3.8, 4) is 0 Å². The summed E-state index contributed by atoms with van der Waals surface area (Å²) >= 11 is 10.9. The van der Waals surface area contributed by atoms with Crippen LogP contribution < -0.4 is 5.32 Å². The molecule has 2 unspecified atom stereocenters. The Balaban J connectivity index is 3.62. The van der Waals surface area contributed by atoms with Crippen LogP contribution in [0.5, 0.6) is 0 Å². The number of unbranched alkanes of at least 4 members (excludes halogenated alkanes) is 11. The second kappa shape index (κ2) is 18.1. The average molecular weight is 410 g/mol. The number of amides is 1. The van der Waals surface area contributed by atoms with E-state index in [1.54, 1.807) is 6.08 Å². The summed E-state index contributed by atoms with van der Waals surface area (Å²) in [5.74, 6) is -0.620. The maximum absolute atomic E-state index is 11.4. The van der Waals surface area contributed by atoms with Crippen molar-refractivity contribution in [3.05, 3.63) is 12.2 Å². The molecule has 0 fully saturated rings. The molecule has 0 radical (unpaired) electrons. The quantitative estimate of drug-likeness (QED) is 0.182. The van der Waals surface area contributed by atoms with Crippen molar-refractivity contribution >= 4 is 29.1 Å². The van der Waals surface area contributed by atoms with Crippen molar-refractivity contribution in [3.63, 3.8) is 0 Å². The fraction of sp³-hybridized carbons (Fsp3) is 0.850. The maximum Gasteiger partial charge on any atom is 0.253 e. The zero-order valence-electron chi connectivity index (χ0n) is 16.1. The van der Waals surface area contributed by atoms with Gasteiger partial charge in [0.2, 0.25) is 0 Å². The highest BCUT2D eigenvalue weighted by molar-refractivity contribution is 6.53. The number of aliphatic hydroxyl groups is 2. The highest BCUT2D eigenvalue weighted by atomic mass is 35.5. The van der Waals surface area contributed by atoms with Crippen LogP contribution in [0.25, 0.3) is 0 Å². The number of allylic oxidation sites excluding steroid dienone is 1. The molecule has 26 heavy (non-hydrogen) atoms. The van der Waals surface area contributed by atoms with E-state index in [9.17, 15) is 15.0 Å². The van der Waals surface area contributed by atoms with Crippen LogP contribution in [0, 0.1) is 0 Å². The number of halogens is 2. The van der Waals surface area contributed by atoms with Gasteiger partial charge in [0.05, 0.1) is 18.8 Å². The van der Waals surface area contributed by atoms with Crippen molar-refractivity contribution < 1.29 is 15.0 Å². The lowest BCUT2D eigenvalue weighted by molar-refractivity contribution is -0.121. The van der Waals surface area contributed by atoms with Crippen molar-refractivity contribution in [1.82, 2.24) is 5.32 Å². The molecule has 0 aliphatic carbocycles. The Bertz CT molecular complexity index is 365. The molecule has 6 heteroatoms.